The van der Waals surface area contributed by atoms with Crippen LogP contribution in [-0.4, -0.2) is 19.9 Å². The molecule has 0 spiro atoms. The van der Waals surface area contributed by atoms with Crippen molar-refractivity contribution in [3.8, 4) is 0 Å². The smallest absolute Gasteiger partial charge is 0.113 e. The zero-order valence-electron chi connectivity index (χ0n) is 10.4. The Labute approximate surface area is 107 Å². The minimum atomic E-state index is 0.180. The van der Waals surface area contributed by atoms with E-state index in [1.165, 1.54) is 10.5 Å². The van der Waals surface area contributed by atoms with Gasteiger partial charge in [0.25, 0.3) is 0 Å². The minimum absolute atomic E-state index is 0.180. The summed E-state index contributed by atoms with van der Waals surface area (Å²) in [6.45, 7) is 0.839. The fourth-order valence-corrected chi connectivity index (χ4v) is 2.77. The van der Waals surface area contributed by atoms with Gasteiger partial charge in [0, 0.05) is 4.90 Å². The first-order chi connectivity index (χ1) is 8.36. The van der Waals surface area contributed by atoms with Gasteiger partial charge in [0.2, 0.25) is 0 Å². The van der Waals surface area contributed by atoms with E-state index in [-0.39, 0.29) is 6.04 Å². The summed E-state index contributed by atoms with van der Waals surface area (Å²) in [5.41, 5.74) is 1.30. The van der Waals surface area contributed by atoms with E-state index in [0.717, 1.165) is 25.2 Å². The number of benzene rings is 1. The van der Waals surface area contributed by atoms with Crippen LogP contribution in [0.5, 0.6) is 0 Å². The molecule has 1 aromatic rings. The lowest BCUT2D eigenvalue weighted by Crippen LogP contribution is -2.22. The molecule has 1 aromatic carbocycles. The summed E-state index contributed by atoms with van der Waals surface area (Å²) < 4.78 is 5.77. The van der Waals surface area contributed by atoms with Crippen molar-refractivity contribution in [2.45, 2.75) is 23.8 Å². The maximum atomic E-state index is 5.77. The molecule has 1 aliphatic rings. The molecule has 0 saturated carbocycles. The van der Waals surface area contributed by atoms with Crippen LogP contribution < -0.4 is 5.32 Å². The third kappa shape index (κ3) is 2.85. The summed E-state index contributed by atoms with van der Waals surface area (Å²) in [6, 6.07) is 8.68. The van der Waals surface area contributed by atoms with Crippen molar-refractivity contribution < 1.29 is 4.74 Å². The van der Waals surface area contributed by atoms with Crippen LogP contribution in [-0.2, 0) is 4.74 Å². The highest BCUT2D eigenvalue weighted by molar-refractivity contribution is 7.98. The number of rotatable bonds is 4. The Morgan fingerprint density at radius 2 is 2.18 bits per heavy atom. The second-order valence-electron chi connectivity index (χ2n) is 4.06. The van der Waals surface area contributed by atoms with Crippen molar-refractivity contribution in [2.24, 2.45) is 0 Å². The molecule has 3 heteroatoms. The molecule has 1 aliphatic heterocycles. The number of hydrogen-bond acceptors (Lipinski definition) is 3. The molecule has 0 amide bonds. The van der Waals surface area contributed by atoms with Crippen molar-refractivity contribution in [3.63, 3.8) is 0 Å². The molecule has 92 valence electrons. The van der Waals surface area contributed by atoms with Gasteiger partial charge >= 0.3 is 0 Å². The zero-order chi connectivity index (χ0) is 12.1. The first kappa shape index (κ1) is 12.5. The van der Waals surface area contributed by atoms with E-state index in [1.54, 1.807) is 11.8 Å². The quantitative estimate of drug-likeness (QED) is 0.827. The van der Waals surface area contributed by atoms with Crippen LogP contribution in [0.25, 0.3) is 0 Å². The van der Waals surface area contributed by atoms with Gasteiger partial charge in [-0.15, -0.1) is 11.8 Å². The lowest BCUT2D eigenvalue weighted by atomic mass is 10.0. The van der Waals surface area contributed by atoms with E-state index in [1.807, 2.05) is 7.05 Å². The van der Waals surface area contributed by atoms with Crippen molar-refractivity contribution in [3.05, 3.63) is 41.7 Å². The average molecular weight is 249 g/mol. The summed E-state index contributed by atoms with van der Waals surface area (Å²) in [5.74, 6) is 1.07. The number of ether oxygens (including phenoxy) is 1. The Bertz CT molecular complexity index is 403. The van der Waals surface area contributed by atoms with Crippen LogP contribution in [0.15, 0.2) is 41.0 Å². The molecule has 0 fully saturated rings. The van der Waals surface area contributed by atoms with Crippen LogP contribution in [0.3, 0.4) is 0 Å². The van der Waals surface area contributed by atoms with Gasteiger partial charge in [0.05, 0.1) is 12.6 Å². The van der Waals surface area contributed by atoms with E-state index in [2.05, 4.69) is 41.9 Å². The molecule has 1 unspecified atom stereocenters. The van der Waals surface area contributed by atoms with Crippen LogP contribution in [0, 0.1) is 0 Å². The monoisotopic (exact) mass is 249 g/mol. The van der Waals surface area contributed by atoms with Crippen LogP contribution in [0.2, 0.25) is 0 Å². The van der Waals surface area contributed by atoms with Gasteiger partial charge in [-0.1, -0.05) is 18.2 Å². The molecule has 1 atom stereocenters. The normalized spacial score (nSPS) is 17.2. The zero-order valence-corrected chi connectivity index (χ0v) is 11.2. The first-order valence-corrected chi connectivity index (χ1v) is 7.22. The molecule has 0 aliphatic carbocycles. The van der Waals surface area contributed by atoms with Gasteiger partial charge in [-0.05, 0) is 43.9 Å². The summed E-state index contributed by atoms with van der Waals surface area (Å²) in [7, 11) is 1.99. The first-order valence-electron chi connectivity index (χ1n) is 6.00. The number of thioether (sulfide) groups is 1. The van der Waals surface area contributed by atoms with E-state index >= 15 is 0 Å². The maximum Gasteiger partial charge on any atom is 0.113 e. The van der Waals surface area contributed by atoms with Gasteiger partial charge < -0.3 is 10.1 Å². The molecule has 2 nitrogen and oxygen atoms in total. The highest BCUT2D eigenvalue weighted by Crippen LogP contribution is 2.31. The van der Waals surface area contributed by atoms with Crippen molar-refractivity contribution >= 4 is 11.8 Å². The summed E-state index contributed by atoms with van der Waals surface area (Å²) in [5, 5.41) is 3.36. The number of hydrogen-bond donors (Lipinski definition) is 1. The van der Waals surface area contributed by atoms with E-state index in [0.29, 0.717) is 0 Å². The van der Waals surface area contributed by atoms with E-state index in [4.69, 9.17) is 4.74 Å². The molecule has 1 heterocycles. The lowest BCUT2D eigenvalue weighted by Gasteiger charge is -2.25. The van der Waals surface area contributed by atoms with Crippen molar-refractivity contribution in [1.29, 1.82) is 0 Å². The minimum Gasteiger partial charge on any atom is -0.496 e. The summed E-state index contributed by atoms with van der Waals surface area (Å²) in [4.78, 5) is 1.31. The summed E-state index contributed by atoms with van der Waals surface area (Å²) in [6.07, 6.45) is 6.57. The molecular weight excluding hydrogens is 230 g/mol. The Hall–Kier alpha value is -0.930. The Morgan fingerprint density at radius 1 is 1.35 bits per heavy atom. The second kappa shape index (κ2) is 6.12. The fourth-order valence-electron chi connectivity index (χ4n) is 2.13. The largest absolute Gasteiger partial charge is 0.496 e. The topological polar surface area (TPSA) is 21.3 Å². The fraction of sp³-hybridized carbons (Fsp3) is 0.429. The van der Waals surface area contributed by atoms with Gasteiger partial charge in [-0.3, -0.25) is 0 Å². The Balaban J connectivity index is 2.31. The predicted octanol–water partition coefficient (Wildman–Crippen LogP) is 3.36. The van der Waals surface area contributed by atoms with Crippen LogP contribution in [0.4, 0.5) is 0 Å². The summed E-state index contributed by atoms with van der Waals surface area (Å²) >= 11 is 1.78. The molecule has 0 saturated heterocycles. The Morgan fingerprint density at radius 3 is 2.82 bits per heavy atom. The molecule has 0 radical (unpaired) electrons. The van der Waals surface area contributed by atoms with Crippen molar-refractivity contribution in [1.82, 2.24) is 5.32 Å². The van der Waals surface area contributed by atoms with E-state index < -0.39 is 0 Å². The number of allylic oxidation sites excluding steroid dienone is 1. The van der Waals surface area contributed by atoms with Gasteiger partial charge in [-0.2, -0.15) is 0 Å². The number of nitrogens with one attached hydrogen (secondary N) is 1. The van der Waals surface area contributed by atoms with Gasteiger partial charge in [0.15, 0.2) is 0 Å². The SMILES string of the molecule is CNC(C1=CCCCO1)c1ccccc1SC. The maximum absolute atomic E-state index is 5.77. The molecule has 1 N–H and O–H groups in total. The third-order valence-corrected chi connectivity index (χ3v) is 3.80. The molecular formula is C14H19NOS. The van der Waals surface area contributed by atoms with Gasteiger partial charge in [-0.25, -0.2) is 0 Å². The molecule has 17 heavy (non-hydrogen) atoms. The highest BCUT2D eigenvalue weighted by Gasteiger charge is 2.20. The van der Waals surface area contributed by atoms with E-state index in [9.17, 15) is 0 Å². The standard InChI is InChI=1S/C14H19NOS/c1-15-14(12-8-5-6-10-16-12)11-7-3-4-9-13(11)17-2/h3-4,7-9,14-15H,5-6,10H2,1-2H3. The lowest BCUT2D eigenvalue weighted by molar-refractivity contribution is 0.169. The van der Waals surface area contributed by atoms with Gasteiger partial charge in [0.1, 0.15) is 5.76 Å². The van der Waals surface area contributed by atoms with Crippen molar-refractivity contribution in [2.75, 3.05) is 19.9 Å². The Kier molecular flexibility index (Phi) is 4.51. The third-order valence-electron chi connectivity index (χ3n) is 2.99. The molecule has 2 rings (SSSR count). The molecule has 0 aromatic heterocycles. The second-order valence-corrected chi connectivity index (χ2v) is 4.91. The van der Waals surface area contributed by atoms with Crippen LogP contribution >= 0.6 is 11.8 Å². The average Bonchev–Trinajstić information content (AvgIpc) is 2.41. The highest BCUT2D eigenvalue weighted by atomic mass is 32.2. The van der Waals surface area contributed by atoms with Crippen LogP contribution in [0.1, 0.15) is 24.4 Å². The molecule has 0 bridgehead atoms. The number of likely N-dealkylation sites (N-methyl/N-ethyl adjacent to an activating group) is 1. The predicted molar refractivity (Wildman–Crippen MR) is 73.3 cm³/mol.